The maximum atomic E-state index is 12.8. The highest BCUT2D eigenvalue weighted by atomic mass is 16.5. The van der Waals surface area contributed by atoms with Gasteiger partial charge in [0.25, 0.3) is 5.91 Å². The first kappa shape index (κ1) is 20.2. The van der Waals surface area contributed by atoms with Crippen molar-refractivity contribution in [2.75, 3.05) is 32.6 Å². The van der Waals surface area contributed by atoms with Crippen molar-refractivity contribution in [1.82, 2.24) is 0 Å². The molecular formula is C23H31N2O3+. The molecule has 1 aliphatic heterocycles. The van der Waals surface area contributed by atoms with Gasteiger partial charge in [-0.1, -0.05) is 25.1 Å². The van der Waals surface area contributed by atoms with Crippen LogP contribution >= 0.6 is 0 Å². The fourth-order valence-electron chi connectivity index (χ4n) is 4.20. The molecule has 2 atom stereocenters. The van der Waals surface area contributed by atoms with Gasteiger partial charge >= 0.3 is 0 Å². The van der Waals surface area contributed by atoms with Gasteiger partial charge in [0.15, 0.2) is 6.54 Å². The number of amides is 1. The summed E-state index contributed by atoms with van der Waals surface area (Å²) in [5.41, 5.74) is 4.40. The Labute approximate surface area is 167 Å². The van der Waals surface area contributed by atoms with Crippen molar-refractivity contribution in [1.29, 1.82) is 0 Å². The third-order valence-corrected chi connectivity index (χ3v) is 5.69. The number of nitrogens with one attached hydrogen (secondary N) is 2. The lowest BCUT2D eigenvalue weighted by atomic mass is 10.0. The second-order valence-electron chi connectivity index (χ2n) is 7.40. The van der Waals surface area contributed by atoms with Crippen molar-refractivity contribution < 1.29 is 19.2 Å². The summed E-state index contributed by atoms with van der Waals surface area (Å²) in [7, 11) is 3.34. The number of carbonyl (C=O) groups excluding carboxylic acids is 1. The topological polar surface area (TPSA) is 52.0 Å². The minimum Gasteiger partial charge on any atom is -0.497 e. The number of anilines is 1. The van der Waals surface area contributed by atoms with E-state index in [-0.39, 0.29) is 11.9 Å². The summed E-state index contributed by atoms with van der Waals surface area (Å²) in [6.45, 7) is 5.60. The maximum Gasteiger partial charge on any atom is 0.279 e. The summed E-state index contributed by atoms with van der Waals surface area (Å²) in [6.07, 6.45) is 3.06. The molecule has 0 spiro atoms. The second kappa shape index (κ2) is 9.11. The van der Waals surface area contributed by atoms with E-state index >= 15 is 0 Å². The van der Waals surface area contributed by atoms with E-state index in [1.54, 1.807) is 14.2 Å². The van der Waals surface area contributed by atoms with Gasteiger partial charge in [0, 0.05) is 24.6 Å². The number of aryl methyl sites for hydroxylation is 2. The number of methoxy groups -OCH3 is 2. The minimum atomic E-state index is 0.0679. The van der Waals surface area contributed by atoms with E-state index in [1.807, 2.05) is 31.2 Å². The predicted octanol–water partition coefficient (Wildman–Crippen LogP) is 2.93. The molecule has 2 aromatic carbocycles. The lowest BCUT2D eigenvalue weighted by Crippen LogP contribution is -3.11. The first-order chi connectivity index (χ1) is 13.6. The van der Waals surface area contributed by atoms with Crippen molar-refractivity contribution in [3.05, 3.63) is 53.1 Å². The van der Waals surface area contributed by atoms with E-state index in [1.165, 1.54) is 10.5 Å². The Morgan fingerprint density at radius 1 is 1.21 bits per heavy atom. The first-order valence-corrected chi connectivity index (χ1v) is 10.0. The molecule has 1 amide bonds. The number of para-hydroxylation sites is 1. The molecule has 2 aromatic rings. The highest BCUT2D eigenvalue weighted by molar-refractivity contribution is 5.93. The first-order valence-electron chi connectivity index (χ1n) is 10.0. The zero-order valence-corrected chi connectivity index (χ0v) is 17.3. The van der Waals surface area contributed by atoms with Gasteiger partial charge in [0.05, 0.1) is 26.3 Å². The fraction of sp³-hybridized carbons (Fsp3) is 0.435. The lowest BCUT2D eigenvalue weighted by Gasteiger charge is -2.23. The van der Waals surface area contributed by atoms with Gasteiger partial charge in [0.1, 0.15) is 17.5 Å². The zero-order chi connectivity index (χ0) is 20.1. The van der Waals surface area contributed by atoms with Crippen LogP contribution in [0.1, 0.15) is 42.5 Å². The largest absolute Gasteiger partial charge is 0.497 e. The van der Waals surface area contributed by atoms with Gasteiger partial charge in [-0.3, -0.25) is 4.79 Å². The number of quaternary nitrogens is 1. The van der Waals surface area contributed by atoms with Crippen LogP contribution in [-0.2, 0) is 11.2 Å². The van der Waals surface area contributed by atoms with E-state index in [0.717, 1.165) is 54.1 Å². The second-order valence-corrected chi connectivity index (χ2v) is 7.40. The van der Waals surface area contributed by atoms with Crippen molar-refractivity contribution in [2.45, 2.75) is 39.2 Å². The van der Waals surface area contributed by atoms with Crippen molar-refractivity contribution in [3.63, 3.8) is 0 Å². The van der Waals surface area contributed by atoms with E-state index in [0.29, 0.717) is 6.54 Å². The third kappa shape index (κ3) is 4.30. The molecule has 0 radical (unpaired) electrons. The SMILES string of the molecule is CCc1cccc(C)c1NC(=O)C[NH+]1CCC[C@@H]1c1ccc(OC)cc1OC. The Morgan fingerprint density at radius 2 is 2.04 bits per heavy atom. The van der Waals surface area contributed by atoms with Crippen LogP contribution in [0.15, 0.2) is 36.4 Å². The molecule has 5 heteroatoms. The van der Waals surface area contributed by atoms with Crippen LogP contribution in [0.2, 0.25) is 0 Å². The average Bonchev–Trinajstić information content (AvgIpc) is 3.16. The molecule has 150 valence electrons. The van der Waals surface area contributed by atoms with Crippen LogP contribution in [0.4, 0.5) is 5.69 Å². The molecule has 3 rings (SSSR count). The van der Waals surface area contributed by atoms with Crippen LogP contribution in [0.3, 0.4) is 0 Å². The van der Waals surface area contributed by atoms with Crippen LogP contribution < -0.4 is 19.7 Å². The van der Waals surface area contributed by atoms with Gasteiger partial charge in [-0.05, 0) is 36.6 Å². The Kier molecular flexibility index (Phi) is 6.57. The van der Waals surface area contributed by atoms with Gasteiger partial charge < -0.3 is 19.7 Å². The highest BCUT2D eigenvalue weighted by Gasteiger charge is 2.33. The number of rotatable bonds is 7. The molecule has 1 heterocycles. The quantitative estimate of drug-likeness (QED) is 0.773. The molecule has 28 heavy (non-hydrogen) atoms. The molecule has 2 N–H and O–H groups in total. The predicted molar refractivity (Wildman–Crippen MR) is 111 cm³/mol. The molecule has 0 aromatic heterocycles. The summed E-state index contributed by atoms with van der Waals surface area (Å²) < 4.78 is 10.9. The van der Waals surface area contributed by atoms with Crippen LogP contribution in [0, 0.1) is 6.92 Å². The molecular weight excluding hydrogens is 352 g/mol. The highest BCUT2D eigenvalue weighted by Crippen LogP contribution is 2.31. The number of ether oxygens (including phenoxy) is 2. The van der Waals surface area contributed by atoms with Gasteiger partial charge in [0.2, 0.25) is 0 Å². The third-order valence-electron chi connectivity index (χ3n) is 5.69. The van der Waals surface area contributed by atoms with Gasteiger partial charge in [-0.25, -0.2) is 0 Å². The summed E-state index contributed by atoms with van der Waals surface area (Å²) in [4.78, 5) is 14.1. The lowest BCUT2D eigenvalue weighted by molar-refractivity contribution is -0.910. The maximum absolute atomic E-state index is 12.8. The van der Waals surface area contributed by atoms with E-state index in [9.17, 15) is 4.79 Å². The summed E-state index contributed by atoms with van der Waals surface area (Å²) in [6, 6.07) is 12.4. The smallest absolute Gasteiger partial charge is 0.279 e. The average molecular weight is 384 g/mol. The molecule has 1 saturated heterocycles. The van der Waals surface area contributed by atoms with E-state index in [4.69, 9.17) is 9.47 Å². The Morgan fingerprint density at radius 3 is 2.75 bits per heavy atom. The van der Waals surface area contributed by atoms with Crippen LogP contribution in [0.5, 0.6) is 11.5 Å². The Hall–Kier alpha value is -2.53. The molecule has 1 fully saturated rings. The fourth-order valence-corrected chi connectivity index (χ4v) is 4.20. The zero-order valence-electron chi connectivity index (χ0n) is 17.3. The standard InChI is InChI=1S/C23H30N2O3/c1-5-17-9-6-8-16(2)23(17)24-22(26)15-25-13-7-10-20(25)19-12-11-18(27-3)14-21(19)28-4/h6,8-9,11-12,14,20H,5,7,10,13,15H2,1-4H3,(H,24,26)/p+1/t20-/m1/s1. The molecule has 1 unspecified atom stereocenters. The van der Waals surface area contributed by atoms with Crippen molar-refractivity contribution in [2.24, 2.45) is 0 Å². The minimum absolute atomic E-state index is 0.0679. The van der Waals surface area contributed by atoms with E-state index in [2.05, 4.69) is 24.4 Å². The normalized spacial score (nSPS) is 18.7. The molecule has 0 aliphatic carbocycles. The number of benzene rings is 2. The van der Waals surface area contributed by atoms with Crippen molar-refractivity contribution in [3.8, 4) is 11.5 Å². The molecule has 0 saturated carbocycles. The number of hydrogen-bond acceptors (Lipinski definition) is 3. The number of hydrogen-bond donors (Lipinski definition) is 2. The number of carbonyl (C=O) groups is 1. The Balaban J connectivity index is 1.75. The monoisotopic (exact) mass is 383 g/mol. The molecule has 5 nitrogen and oxygen atoms in total. The number of likely N-dealkylation sites (tertiary alicyclic amines) is 1. The van der Waals surface area contributed by atoms with Gasteiger partial charge in [-0.15, -0.1) is 0 Å². The summed E-state index contributed by atoms with van der Waals surface area (Å²) in [5.74, 6) is 1.68. The van der Waals surface area contributed by atoms with Crippen molar-refractivity contribution >= 4 is 11.6 Å². The summed E-state index contributed by atoms with van der Waals surface area (Å²) >= 11 is 0. The van der Waals surface area contributed by atoms with Crippen LogP contribution in [-0.4, -0.2) is 33.2 Å². The molecule has 0 bridgehead atoms. The Bertz CT molecular complexity index is 835. The summed E-state index contributed by atoms with van der Waals surface area (Å²) in [5, 5.41) is 3.16. The van der Waals surface area contributed by atoms with E-state index < -0.39 is 0 Å². The van der Waals surface area contributed by atoms with Crippen LogP contribution in [0.25, 0.3) is 0 Å². The van der Waals surface area contributed by atoms with Gasteiger partial charge in [-0.2, -0.15) is 0 Å². The molecule has 1 aliphatic rings.